The second kappa shape index (κ2) is 8.16. The number of amides is 1. The molecule has 2 atom stereocenters. The number of thioether (sulfide) groups is 2. The number of fused-ring (bicyclic) bond motifs is 2. The van der Waals surface area contributed by atoms with Crippen molar-refractivity contribution in [1.29, 1.82) is 0 Å². The van der Waals surface area contributed by atoms with Crippen molar-refractivity contribution in [3.63, 3.8) is 0 Å². The molecule has 150 valence electrons. The van der Waals surface area contributed by atoms with Crippen molar-refractivity contribution in [1.82, 2.24) is 14.8 Å². The molecule has 2 aliphatic rings. The molecule has 1 amide bonds. The topological polar surface area (TPSA) is 51.0 Å². The Bertz CT molecular complexity index is 1140. The first kappa shape index (κ1) is 19.2. The Labute approximate surface area is 183 Å². The molecule has 3 aromatic rings. The summed E-state index contributed by atoms with van der Waals surface area (Å²) in [5.41, 5.74) is 1.99. The van der Waals surface area contributed by atoms with E-state index < -0.39 is 0 Å². The smallest absolute Gasteiger partial charge is 0.238 e. The number of anilines is 1. The van der Waals surface area contributed by atoms with Gasteiger partial charge in [-0.25, -0.2) is 0 Å². The molecule has 2 aromatic carbocycles. The summed E-state index contributed by atoms with van der Waals surface area (Å²) >= 11 is 3.24. The lowest BCUT2D eigenvalue weighted by molar-refractivity contribution is -0.116. The van der Waals surface area contributed by atoms with E-state index in [-0.39, 0.29) is 17.2 Å². The summed E-state index contributed by atoms with van der Waals surface area (Å²) in [6.45, 7) is 0. The highest BCUT2D eigenvalue weighted by molar-refractivity contribution is 8.00. The highest BCUT2D eigenvalue weighted by Gasteiger charge is 2.36. The Hall–Kier alpha value is -2.77. The second-order valence-corrected chi connectivity index (χ2v) is 9.26. The predicted molar refractivity (Wildman–Crippen MR) is 123 cm³/mol. The molecule has 30 heavy (non-hydrogen) atoms. The zero-order valence-corrected chi connectivity index (χ0v) is 18.0. The van der Waals surface area contributed by atoms with Crippen LogP contribution in [0.3, 0.4) is 0 Å². The molecule has 2 heterocycles. The average molecular weight is 433 g/mol. The van der Waals surface area contributed by atoms with Gasteiger partial charge in [0.15, 0.2) is 11.0 Å². The van der Waals surface area contributed by atoms with E-state index in [2.05, 4.69) is 34.5 Å². The van der Waals surface area contributed by atoms with Gasteiger partial charge < -0.3 is 9.47 Å². The van der Waals surface area contributed by atoms with Gasteiger partial charge in [-0.3, -0.25) is 4.79 Å². The van der Waals surface area contributed by atoms with Crippen molar-refractivity contribution in [3.8, 4) is 11.4 Å². The van der Waals surface area contributed by atoms with Crippen LogP contribution in [-0.4, -0.2) is 37.7 Å². The van der Waals surface area contributed by atoms with Gasteiger partial charge in [0.05, 0.1) is 22.7 Å². The zero-order valence-electron chi connectivity index (χ0n) is 16.4. The van der Waals surface area contributed by atoms with Gasteiger partial charge in [0.25, 0.3) is 0 Å². The molecule has 0 unspecified atom stereocenters. The van der Waals surface area contributed by atoms with Gasteiger partial charge in [-0.05, 0) is 12.1 Å². The highest BCUT2D eigenvalue weighted by atomic mass is 32.2. The number of benzene rings is 2. The molecule has 0 radical (unpaired) electrons. The molecule has 0 saturated heterocycles. The molecule has 0 fully saturated rings. The first-order chi connectivity index (χ1) is 14.7. The van der Waals surface area contributed by atoms with Gasteiger partial charge in [-0.15, -0.1) is 22.0 Å². The van der Waals surface area contributed by atoms with Crippen LogP contribution in [0.2, 0.25) is 0 Å². The third-order valence-corrected chi connectivity index (χ3v) is 7.52. The normalized spacial score (nSPS) is 19.4. The molecule has 0 N–H and O–H groups in total. The van der Waals surface area contributed by atoms with E-state index in [9.17, 15) is 4.79 Å². The lowest BCUT2D eigenvalue weighted by atomic mass is 10.0. The summed E-state index contributed by atoms with van der Waals surface area (Å²) in [5, 5.41) is 9.60. The molecule has 5 nitrogen and oxygen atoms in total. The van der Waals surface area contributed by atoms with Crippen molar-refractivity contribution in [2.24, 2.45) is 7.05 Å². The first-order valence-electron chi connectivity index (χ1n) is 9.73. The van der Waals surface area contributed by atoms with Crippen molar-refractivity contribution >= 4 is 35.1 Å². The van der Waals surface area contributed by atoms with Crippen LogP contribution in [0.25, 0.3) is 11.4 Å². The number of aromatic nitrogens is 3. The van der Waals surface area contributed by atoms with Gasteiger partial charge in [-0.2, -0.15) is 0 Å². The van der Waals surface area contributed by atoms with E-state index in [4.69, 9.17) is 0 Å². The van der Waals surface area contributed by atoms with E-state index in [1.54, 1.807) is 0 Å². The summed E-state index contributed by atoms with van der Waals surface area (Å²) in [5.74, 6) is 1.18. The maximum atomic E-state index is 13.4. The number of para-hydroxylation sites is 1. The van der Waals surface area contributed by atoms with Crippen LogP contribution >= 0.6 is 23.5 Å². The van der Waals surface area contributed by atoms with Crippen LogP contribution in [0.5, 0.6) is 0 Å². The van der Waals surface area contributed by atoms with Crippen molar-refractivity contribution < 1.29 is 4.79 Å². The maximum Gasteiger partial charge on any atom is 0.238 e. The van der Waals surface area contributed by atoms with E-state index in [0.717, 1.165) is 27.1 Å². The highest BCUT2D eigenvalue weighted by Crippen LogP contribution is 2.43. The van der Waals surface area contributed by atoms with Gasteiger partial charge in [0, 0.05) is 17.5 Å². The summed E-state index contributed by atoms with van der Waals surface area (Å²) in [4.78, 5) is 16.4. The summed E-state index contributed by atoms with van der Waals surface area (Å²) < 4.78 is 1.94. The molecule has 7 heteroatoms. The van der Waals surface area contributed by atoms with Crippen LogP contribution < -0.4 is 4.90 Å². The number of hydrogen-bond donors (Lipinski definition) is 0. The number of nitrogens with zero attached hydrogens (tertiary/aromatic N) is 4. The molecule has 0 bridgehead atoms. The van der Waals surface area contributed by atoms with E-state index in [0.29, 0.717) is 5.75 Å². The molecule has 0 spiro atoms. The Balaban J connectivity index is 1.37. The number of hydrogen-bond acceptors (Lipinski definition) is 5. The Morgan fingerprint density at radius 3 is 2.67 bits per heavy atom. The lowest BCUT2D eigenvalue weighted by Crippen LogP contribution is -2.48. The first-order valence-corrected chi connectivity index (χ1v) is 11.6. The quantitative estimate of drug-likeness (QED) is 0.565. The fourth-order valence-electron chi connectivity index (χ4n) is 3.76. The van der Waals surface area contributed by atoms with Gasteiger partial charge in [-0.1, -0.05) is 78.5 Å². The molecule has 1 aliphatic heterocycles. The zero-order chi connectivity index (χ0) is 20.5. The van der Waals surface area contributed by atoms with Crippen LogP contribution in [-0.2, 0) is 11.8 Å². The average Bonchev–Trinajstić information content (AvgIpc) is 3.16. The summed E-state index contributed by atoms with van der Waals surface area (Å²) in [6.07, 6.45) is 8.38. The standard InChI is InChI=1S/C23H20N4OS2/c1-26-22(16-9-3-2-4-10-16)24-25-23(26)29-15-21(28)27-17-11-5-7-13-19(17)30-20-14-8-6-12-18(20)27/h2-14,17,19H,15H2,1H3/t17-,19+/m0/s1. The fourth-order valence-corrected chi connectivity index (χ4v) is 5.78. The molecular weight excluding hydrogens is 412 g/mol. The SMILES string of the molecule is Cn1c(SCC(=O)N2c3ccccc3S[C@@H]3C=CC=C[C@@H]32)nnc1-c1ccccc1. The Morgan fingerprint density at radius 2 is 1.80 bits per heavy atom. The summed E-state index contributed by atoms with van der Waals surface area (Å²) in [6, 6.07) is 18.1. The molecule has 1 aliphatic carbocycles. The number of carbonyl (C=O) groups is 1. The molecule has 5 rings (SSSR count). The molecule has 0 saturated carbocycles. The van der Waals surface area contributed by atoms with Crippen molar-refractivity contribution in [3.05, 3.63) is 78.9 Å². The van der Waals surface area contributed by atoms with E-state index >= 15 is 0 Å². The van der Waals surface area contributed by atoms with Crippen LogP contribution in [0, 0.1) is 0 Å². The second-order valence-electron chi connectivity index (χ2n) is 7.09. The van der Waals surface area contributed by atoms with E-state index in [1.807, 2.05) is 82.9 Å². The maximum absolute atomic E-state index is 13.4. The number of rotatable bonds is 4. The minimum Gasteiger partial charge on any atom is -0.305 e. The van der Waals surface area contributed by atoms with Gasteiger partial charge in [0.1, 0.15) is 0 Å². The lowest BCUT2D eigenvalue weighted by Gasteiger charge is -2.40. The fraction of sp³-hybridized carbons (Fsp3) is 0.174. The molecular formula is C23H20N4OS2. The van der Waals surface area contributed by atoms with Gasteiger partial charge in [0.2, 0.25) is 5.91 Å². The monoisotopic (exact) mass is 432 g/mol. The largest absolute Gasteiger partial charge is 0.305 e. The van der Waals surface area contributed by atoms with Crippen LogP contribution in [0.4, 0.5) is 5.69 Å². The summed E-state index contributed by atoms with van der Waals surface area (Å²) in [7, 11) is 1.94. The third kappa shape index (κ3) is 3.48. The van der Waals surface area contributed by atoms with E-state index in [1.165, 1.54) is 11.8 Å². The van der Waals surface area contributed by atoms with Crippen LogP contribution in [0.15, 0.2) is 89.0 Å². The Morgan fingerprint density at radius 1 is 1.03 bits per heavy atom. The third-order valence-electron chi connectivity index (χ3n) is 5.20. The van der Waals surface area contributed by atoms with Crippen molar-refractivity contribution in [2.75, 3.05) is 10.7 Å². The number of allylic oxidation sites excluding steroid dienone is 2. The van der Waals surface area contributed by atoms with Crippen LogP contribution in [0.1, 0.15) is 0 Å². The minimum absolute atomic E-state index is 0.0300. The van der Waals surface area contributed by atoms with Crippen molar-refractivity contribution in [2.45, 2.75) is 21.3 Å². The molecule has 1 aromatic heterocycles. The Kier molecular flexibility index (Phi) is 5.23. The van der Waals surface area contributed by atoms with Gasteiger partial charge >= 0.3 is 0 Å². The predicted octanol–water partition coefficient (Wildman–Crippen LogP) is 4.58. The minimum atomic E-state index is 0.0300. The number of carbonyl (C=O) groups excluding carboxylic acids is 1.